The van der Waals surface area contributed by atoms with E-state index in [9.17, 15) is 4.79 Å². The van der Waals surface area contributed by atoms with Gasteiger partial charge in [-0.3, -0.25) is 4.79 Å². The lowest BCUT2D eigenvalue weighted by Crippen LogP contribution is -2.32. The molecule has 0 saturated heterocycles. The smallest absolute Gasteiger partial charge is 0.316 e. The maximum absolute atomic E-state index is 10.5. The van der Waals surface area contributed by atoms with Crippen LogP contribution in [0.15, 0.2) is 0 Å². The average Bonchev–Trinajstić information content (AvgIpc) is 1.64. The fraction of sp³-hybridized carbons (Fsp3) is 0.833. The molecule has 0 aromatic carbocycles. The monoisotopic (exact) mass is 149 g/mol. The molecule has 0 rings (SSSR count). The molecule has 0 atom stereocenters. The van der Waals surface area contributed by atoms with Gasteiger partial charge in [0.25, 0.3) is 0 Å². The van der Waals surface area contributed by atoms with E-state index in [0.29, 0.717) is 6.54 Å². The predicted octanol–water partition coefficient (Wildman–Crippen LogP) is 2.08. The van der Waals surface area contributed by atoms with E-state index in [4.69, 9.17) is 11.6 Å². The quantitative estimate of drug-likeness (QED) is 0.435. The number of halogens is 1. The van der Waals surface area contributed by atoms with Crippen molar-refractivity contribution >= 4 is 17.0 Å². The second-order valence-corrected chi connectivity index (χ2v) is 2.46. The van der Waals surface area contributed by atoms with Crippen LogP contribution in [0.25, 0.3) is 0 Å². The molecule has 0 N–H and O–H groups in total. The van der Waals surface area contributed by atoms with Gasteiger partial charge >= 0.3 is 5.37 Å². The van der Waals surface area contributed by atoms with Gasteiger partial charge in [0.15, 0.2) is 0 Å². The lowest BCUT2D eigenvalue weighted by Gasteiger charge is -2.21. The Kier molecular flexibility index (Phi) is 3.62. The summed E-state index contributed by atoms with van der Waals surface area (Å²) in [5, 5.41) is -0.368. The lowest BCUT2D eigenvalue weighted by atomic mass is 10.3. The van der Waals surface area contributed by atoms with E-state index in [2.05, 4.69) is 0 Å². The highest BCUT2D eigenvalue weighted by Crippen LogP contribution is 2.01. The summed E-state index contributed by atoms with van der Waals surface area (Å²) in [7, 11) is 0. The van der Waals surface area contributed by atoms with Crippen molar-refractivity contribution in [1.29, 1.82) is 0 Å². The third-order valence-electron chi connectivity index (χ3n) is 1.19. The van der Waals surface area contributed by atoms with Crippen LogP contribution >= 0.6 is 11.6 Å². The zero-order valence-corrected chi connectivity index (χ0v) is 6.77. The van der Waals surface area contributed by atoms with E-state index < -0.39 is 0 Å². The molecule has 0 fully saturated rings. The van der Waals surface area contributed by atoms with Gasteiger partial charge in [-0.2, -0.15) is 0 Å². The Morgan fingerprint density at radius 3 is 2.11 bits per heavy atom. The molecule has 0 aromatic rings. The minimum absolute atomic E-state index is 0.208. The molecule has 0 aliphatic rings. The molecule has 3 heteroatoms. The summed E-state index contributed by atoms with van der Waals surface area (Å²) in [5.74, 6) is 0. The van der Waals surface area contributed by atoms with E-state index in [-0.39, 0.29) is 11.4 Å². The van der Waals surface area contributed by atoms with Gasteiger partial charge in [-0.05, 0) is 32.4 Å². The summed E-state index contributed by atoms with van der Waals surface area (Å²) in [6.45, 7) is 6.45. The Bertz CT molecular complexity index is 103. The molecular weight excluding hydrogens is 138 g/mol. The summed E-state index contributed by atoms with van der Waals surface area (Å²) < 4.78 is 0. The zero-order valence-electron chi connectivity index (χ0n) is 6.02. The molecule has 0 spiro atoms. The van der Waals surface area contributed by atoms with E-state index >= 15 is 0 Å². The van der Waals surface area contributed by atoms with Crippen LogP contribution in [0.5, 0.6) is 0 Å². The van der Waals surface area contributed by atoms with Crippen LogP contribution in [0.1, 0.15) is 20.8 Å². The van der Waals surface area contributed by atoms with Crippen LogP contribution in [-0.2, 0) is 0 Å². The van der Waals surface area contributed by atoms with Crippen molar-refractivity contribution in [2.75, 3.05) is 6.54 Å². The third kappa shape index (κ3) is 2.70. The Balaban J connectivity index is 3.83. The summed E-state index contributed by atoms with van der Waals surface area (Å²) in [6.07, 6.45) is 0. The fourth-order valence-electron chi connectivity index (χ4n) is 0.692. The van der Waals surface area contributed by atoms with E-state index in [0.717, 1.165) is 0 Å². The van der Waals surface area contributed by atoms with Crippen LogP contribution in [0.4, 0.5) is 4.79 Å². The second kappa shape index (κ2) is 3.72. The molecule has 0 saturated carbocycles. The van der Waals surface area contributed by atoms with Crippen molar-refractivity contribution < 1.29 is 4.79 Å². The van der Waals surface area contributed by atoms with Crippen LogP contribution in [-0.4, -0.2) is 22.9 Å². The maximum atomic E-state index is 10.5. The van der Waals surface area contributed by atoms with Gasteiger partial charge in [-0.15, -0.1) is 0 Å². The first-order valence-electron chi connectivity index (χ1n) is 3.05. The molecule has 0 bridgehead atoms. The Labute approximate surface area is 60.8 Å². The minimum atomic E-state index is -0.368. The first kappa shape index (κ1) is 8.76. The van der Waals surface area contributed by atoms with Gasteiger partial charge in [0.2, 0.25) is 0 Å². The highest BCUT2D eigenvalue weighted by atomic mass is 35.5. The standard InChI is InChI=1S/C6H12ClNO/c1-4-8(5(2)3)6(7)9/h5H,4H2,1-3H3. The van der Waals surface area contributed by atoms with Crippen molar-refractivity contribution in [3.05, 3.63) is 0 Å². The molecule has 2 nitrogen and oxygen atoms in total. The van der Waals surface area contributed by atoms with Crippen molar-refractivity contribution in [2.45, 2.75) is 26.8 Å². The molecule has 0 unspecified atom stereocenters. The van der Waals surface area contributed by atoms with Crippen LogP contribution < -0.4 is 0 Å². The van der Waals surface area contributed by atoms with Gasteiger partial charge in [0, 0.05) is 12.6 Å². The van der Waals surface area contributed by atoms with Crippen LogP contribution in [0.3, 0.4) is 0 Å². The van der Waals surface area contributed by atoms with Crippen molar-refractivity contribution in [3.8, 4) is 0 Å². The average molecular weight is 150 g/mol. The molecule has 0 heterocycles. The number of nitrogens with zero attached hydrogens (tertiary/aromatic N) is 1. The van der Waals surface area contributed by atoms with Gasteiger partial charge in [-0.25, -0.2) is 0 Å². The molecule has 54 valence electrons. The number of hydrogen-bond donors (Lipinski definition) is 0. The number of rotatable bonds is 2. The van der Waals surface area contributed by atoms with Gasteiger partial charge in [0.05, 0.1) is 0 Å². The van der Waals surface area contributed by atoms with Crippen LogP contribution in [0, 0.1) is 0 Å². The predicted molar refractivity (Wildman–Crippen MR) is 38.8 cm³/mol. The highest BCUT2D eigenvalue weighted by Gasteiger charge is 2.10. The van der Waals surface area contributed by atoms with Gasteiger partial charge < -0.3 is 4.90 Å². The Morgan fingerprint density at radius 1 is 1.67 bits per heavy atom. The molecule has 0 radical (unpaired) electrons. The fourth-order valence-corrected chi connectivity index (χ4v) is 1.01. The van der Waals surface area contributed by atoms with Crippen molar-refractivity contribution in [2.24, 2.45) is 0 Å². The Hall–Kier alpha value is -0.240. The van der Waals surface area contributed by atoms with Crippen LogP contribution in [0.2, 0.25) is 0 Å². The van der Waals surface area contributed by atoms with Crippen molar-refractivity contribution in [3.63, 3.8) is 0 Å². The van der Waals surface area contributed by atoms with Gasteiger partial charge in [-0.1, -0.05) is 0 Å². The highest BCUT2D eigenvalue weighted by molar-refractivity contribution is 6.62. The first-order chi connectivity index (χ1) is 4.09. The van der Waals surface area contributed by atoms with Gasteiger partial charge in [0.1, 0.15) is 0 Å². The topological polar surface area (TPSA) is 20.3 Å². The number of carbonyl (C=O) groups is 1. The summed E-state index contributed by atoms with van der Waals surface area (Å²) in [6, 6.07) is 0.208. The normalized spacial score (nSPS) is 9.89. The largest absolute Gasteiger partial charge is 0.327 e. The molecule has 0 aliphatic carbocycles. The number of hydrogen-bond acceptors (Lipinski definition) is 1. The van der Waals surface area contributed by atoms with E-state index in [1.54, 1.807) is 4.90 Å². The third-order valence-corrected chi connectivity index (χ3v) is 1.41. The number of carbonyl (C=O) groups excluding carboxylic acids is 1. The first-order valence-corrected chi connectivity index (χ1v) is 3.43. The lowest BCUT2D eigenvalue weighted by molar-refractivity contribution is 0.211. The summed E-state index contributed by atoms with van der Waals surface area (Å²) >= 11 is 5.23. The SMILES string of the molecule is CCN(C(=O)Cl)C(C)C. The molecule has 9 heavy (non-hydrogen) atoms. The molecule has 1 amide bonds. The van der Waals surface area contributed by atoms with E-state index in [1.807, 2.05) is 20.8 Å². The zero-order chi connectivity index (χ0) is 7.44. The van der Waals surface area contributed by atoms with E-state index in [1.165, 1.54) is 0 Å². The van der Waals surface area contributed by atoms with Crippen molar-refractivity contribution in [1.82, 2.24) is 4.90 Å². The summed E-state index contributed by atoms with van der Waals surface area (Å²) in [4.78, 5) is 12.1. The number of amides is 1. The summed E-state index contributed by atoms with van der Waals surface area (Å²) in [5.41, 5.74) is 0. The minimum Gasteiger partial charge on any atom is -0.327 e. The maximum Gasteiger partial charge on any atom is 0.316 e. The second-order valence-electron chi connectivity index (χ2n) is 2.13. The molecule has 0 aliphatic heterocycles. The molecule has 0 aromatic heterocycles. The molecular formula is C6H12ClNO. The Morgan fingerprint density at radius 2 is 2.11 bits per heavy atom.